The maximum Gasteiger partial charge on any atom is 0.135 e. The number of aromatic nitrogens is 2. The van der Waals surface area contributed by atoms with E-state index in [0.29, 0.717) is 0 Å². The topological polar surface area (TPSA) is 27.1 Å². The Hall–Kier alpha value is -2.13. The van der Waals surface area contributed by atoms with Crippen LogP contribution in [0, 0.1) is 13.8 Å². The zero-order chi connectivity index (χ0) is 15.8. The number of benzene rings is 2. The molecule has 1 aromatic heterocycles. The van der Waals surface area contributed by atoms with Gasteiger partial charge in [-0.2, -0.15) is 0 Å². The fraction of sp³-hybridized carbons (Fsp3) is 0.350. The Morgan fingerprint density at radius 2 is 1.83 bits per heavy atom. The van der Waals surface area contributed by atoms with Gasteiger partial charge in [0, 0.05) is 12.2 Å². The zero-order valence-corrected chi connectivity index (χ0v) is 13.7. The van der Waals surface area contributed by atoms with Gasteiger partial charge in [0.2, 0.25) is 0 Å². The molecule has 3 nitrogen and oxygen atoms in total. The second kappa shape index (κ2) is 5.82. The van der Waals surface area contributed by atoms with Crippen LogP contribution in [0.3, 0.4) is 0 Å². The molecule has 1 unspecified atom stereocenters. The number of ether oxygens (including phenoxy) is 1. The number of fused-ring (bicyclic) bond motifs is 1. The molecule has 0 spiro atoms. The minimum absolute atomic E-state index is 0.127. The predicted molar refractivity (Wildman–Crippen MR) is 93.5 cm³/mol. The summed E-state index contributed by atoms with van der Waals surface area (Å²) in [5, 5.41) is 0. The summed E-state index contributed by atoms with van der Waals surface area (Å²) in [5.74, 6) is 0. The third kappa shape index (κ3) is 2.45. The molecular weight excluding hydrogens is 284 g/mol. The lowest BCUT2D eigenvalue weighted by Gasteiger charge is -2.24. The second-order valence-electron chi connectivity index (χ2n) is 6.41. The van der Waals surface area contributed by atoms with Gasteiger partial charge in [-0.05, 0) is 55.9 Å². The van der Waals surface area contributed by atoms with Crippen LogP contribution in [0.25, 0.3) is 22.2 Å². The normalized spacial score (nSPS) is 18.4. The summed E-state index contributed by atoms with van der Waals surface area (Å²) in [7, 11) is 0. The highest BCUT2D eigenvalue weighted by molar-refractivity contribution is 5.93. The Morgan fingerprint density at radius 3 is 2.57 bits per heavy atom. The van der Waals surface area contributed by atoms with Crippen LogP contribution in [0.15, 0.2) is 42.7 Å². The van der Waals surface area contributed by atoms with Crippen molar-refractivity contribution in [1.82, 2.24) is 9.55 Å². The number of hydrogen-bond acceptors (Lipinski definition) is 2. The first-order valence-corrected chi connectivity index (χ1v) is 8.39. The van der Waals surface area contributed by atoms with Crippen molar-refractivity contribution in [2.24, 2.45) is 0 Å². The van der Waals surface area contributed by atoms with Crippen molar-refractivity contribution in [3.63, 3.8) is 0 Å². The monoisotopic (exact) mass is 306 g/mol. The molecule has 3 heteroatoms. The van der Waals surface area contributed by atoms with Crippen LogP contribution in [0.2, 0.25) is 0 Å². The average molecular weight is 306 g/mol. The van der Waals surface area contributed by atoms with Gasteiger partial charge >= 0.3 is 0 Å². The number of nitrogens with zero attached hydrogens (tertiary/aromatic N) is 2. The minimum atomic E-state index is 0.127. The summed E-state index contributed by atoms with van der Waals surface area (Å²) >= 11 is 0. The fourth-order valence-electron chi connectivity index (χ4n) is 3.67. The molecule has 0 N–H and O–H groups in total. The van der Waals surface area contributed by atoms with Gasteiger partial charge in [-0.3, -0.25) is 0 Å². The van der Waals surface area contributed by atoms with Gasteiger partial charge in [-0.1, -0.05) is 30.3 Å². The Balaban J connectivity index is 1.88. The number of rotatable bonds is 2. The number of imidazole rings is 1. The Labute approximate surface area is 136 Å². The highest BCUT2D eigenvalue weighted by atomic mass is 16.5. The van der Waals surface area contributed by atoms with E-state index in [4.69, 9.17) is 9.72 Å². The van der Waals surface area contributed by atoms with E-state index in [1.165, 1.54) is 28.7 Å². The van der Waals surface area contributed by atoms with Gasteiger partial charge in [-0.15, -0.1) is 0 Å². The molecule has 1 saturated heterocycles. The van der Waals surface area contributed by atoms with Crippen molar-refractivity contribution in [3.8, 4) is 11.1 Å². The maximum absolute atomic E-state index is 5.95. The molecule has 23 heavy (non-hydrogen) atoms. The van der Waals surface area contributed by atoms with Crippen LogP contribution in [-0.2, 0) is 4.74 Å². The molecule has 1 aliphatic heterocycles. The predicted octanol–water partition coefficient (Wildman–Crippen LogP) is 5.02. The van der Waals surface area contributed by atoms with Crippen molar-refractivity contribution in [1.29, 1.82) is 0 Å². The van der Waals surface area contributed by atoms with E-state index in [1.807, 2.05) is 6.33 Å². The van der Waals surface area contributed by atoms with Crippen LogP contribution in [0.4, 0.5) is 0 Å². The van der Waals surface area contributed by atoms with Gasteiger partial charge in [0.15, 0.2) is 0 Å². The molecule has 4 rings (SSSR count). The lowest BCUT2D eigenvalue weighted by molar-refractivity contribution is -0.0295. The molecule has 118 valence electrons. The van der Waals surface area contributed by atoms with Crippen LogP contribution in [-0.4, -0.2) is 16.2 Å². The second-order valence-corrected chi connectivity index (χ2v) is 6.41. The first kappa shape index (κ1) is 14.5. The van der Waals surface area contributed by atoms with Crippen molar-refractivity contribution in [3.05, 3.63) is 53.9 Å². The largest absolute Gasteiger partial charge is 0.358 e. The van der Waals surface area contributed by atoms with E-state index in [9.17, 15) is 0 Å². The van der Waals surface area contributed by atoms with E-state index in [2.05, 4.69) is 54.8 Å². The summed E-state index contributed by atoms with van der Waals surface area (Å²) in [4.78, 5) is 4.74. The van der Waals surface area contributed by atoms with Crippen molar-refractivity contribution in [2.75, 3.05) is 6.61 Å². The fourth-order valence-corrected chi connectivity index (χ4v) is 3.67. The van der Waals surface area contributed by atoms with Crippen LogP contribution >= 0.6 is 0 Å². The van der Waals surface area contributed by atoms with Crippen LogP contribution in [0.1, 0.15) is 36.6 Å². The third-order valence-corrected chi connectivity index (χ3v) is 4.82. The maximum atomic E-state index is 5.95. The average Bonchev–Trinajstić information content (AvgIpc) is 3.00. The summed E-state index contributed by atoms with van der Waals surface area (Å²) < 4.78 is 8.15. The van der Waals surface area contributed by atoms with Gasteiger partial charge < -0.3 is 9.30 Å². The molecule has 1 atom stereocenters. The highest BCUT2D eigenvalue weighted by Crippen LogP contribution is 2.34. The smallest absolute Gasteiger partial charge is 0.135 e. The molecular formula is C20H22N2O. The molecule has 0 amide bonds. The molecule has 3 aromatic rings. The Bertz CT molecular complexity index is 824. The molecule has 1 aliphatic rings. The Kier molecular flexibility index (Phi) is 3.66. The van der Waals surface area contributed by atoms with Crippen molar-refractivity contribution in [2.45, 2.75) is 39.3 Å². The molecule has 2 heterocycles. The minimum Gasteiger partial charge on any atom is -0.358 e. The number of aryl methyl sites for hydroxylation is 2. The van der Waals surface area contributed by atoms with Crippen LogP contribution < -0.4 is 0 Å². The Morgan fingerprint density at radius 1 is 1.04 bits per heavy atom. The quantitative estimate of drug-likeness (QED) is 0.664. The lowest BCUT2D eigenvalue weighted by atomic mass is 9.95. The SMILES string of the molecule is Cc1cccc(C)c1-c1cccc2c1ncn2C1CCCCO1. The summed E-state index contributed by atoms with van der Waals surface area (Å²) in [6.45, 7) is 5.19. The van der Waals surface area contributed by atoms with E-state index >= 15 is 0 Å². The molecule has 0 bridgehead atoms. The highest BCUT2D eigenvalue weighted by Gasteiger charge is 2.19. The zero-order valence-electron chi connectivity index (χ0n) is 13.7. The van der Waals surface area contributed by atoms with Gasteiger partial charge in [0.05, 0.1) is 17.4 Å². The van der Waals surface area contributed by atoms with Crippen LogP contribution in [0.5, 0.6) is 0 Å². The van der Waals surface area contributed by atoms with Gasteiger partial charge in [-0.25, -0.2) is 4.98 Å². The standard InChI is InChI=1S/C20H22N2O/c1-14-7-5-8-15(2)19(14)16-9-6-10-17-20(16)21-13-22(17)18-11-3-4-12-23-18/h5-10,13,18H,3-4,11-12H2,1-2H3. The summed E-state index contributed by atoms with van der Waals surface area (Å²) in [6.07, 6.45) is 5.52. The van der Waals surface area contributed by atoms with E-state index in [-0.39, 0.29) is 6.23 Å². The van der Waals surface area contributed by atoms with E-state index in [0.717, 1.165) is 30.5 Å². The van der Waals surface area contributed by atoms with E-state index < -0.39 is 0 Å². The number of hydrogen-bond donors (Lipinski definition) is 0. The lowest BCUT2D eigenvalue weighted by Crippen LogP contribution is -2.17. The number of para-hydroxylation sites is 1. The summed E-state index contributed by atoms with van der Waals surface area (Å²) in [5.41, 5.74) is 7.33. The first-order chi connectivity index (χ1) is 11.3. The molecule has 2 aromatic carbocycles. The van der Waals surface area contributed by atoms with Gasteiger partial charge in [0.1, 0.15) is 6.23 Å². The van der Waals surface area contributed by atoms with E-state index in [1.54, 1.807) is 0 Å². The third-order valence-electron chi connectivity index (χ3n) is 4.82. The summed E-state index contributed by atoms with van der Waals surface area (Å²) in [6, 6.07) is 12.9. The van der Waals surface area contributed by atoms with Gasteiger partial charge in [0.25, 0.3) is 0 Å². The molecule has 1 fully saturated rings. The molecule has 0 radical (unpaired) electrons. The first-order valence-electron chi connectivity index (χ1n) is 8.39. The van der Waals surface area contributed by atoms with Crippen molar-refractivity contribution < 1.29 is 4.74 Å². The molecule has 0 saturated carbocycles. The van der Waals surface area contributed by atoms with Crippen molar-refractivity contribution >= 4 is 11.0 Å². The molecule has 0 aliphatic carbocycles.